The van der Waals surface area contributed by atoms with Crippen LogP contribution < -0.4 is 22.5 Å². The van der Waals surface area contributed by atoms with Crippen molar-refractivity contribution < 1.29 is 9.47 Å². The molecule has 4 aliphatic carbocycles. The summed E-state index contributed by atoms with van der Waals surface area (Å²) in [6.07, 6.45) is 9.47. The number of hydrogen-bond acceptors (Lipinski definition) is 8. The molecule has 4 bridgehead atoms. The Balaban J connectivity index is 0.000000135. The number of nitrogens with zero attached hydrogens (tertiary/aromatic N) is 6. The molecule has 0 radical (unpaired) electrons. The lowest BCUT2D eigenvalue weighted by atomic mass is 9.88. The van der Waals surface area contributed by atoms with Crippen molar-refractivity contribution in [3.8, 4) is 0 Å². The zero-order valence-electron chi connectivity index (χ0n) is 29.4. The molecule has 4 saturated carbocycles. The second-order valence-electron chi connectivity index (χ2n) is 15.6. The summed E-state index contributed by atoms with van der Waals surface area (Å²) in [4.78, 5) is 67.2. The van der Waals surface area contributed by atoms with Gasteiger partial charge in [0.05, 0.1) is 24.4 Å². The van der Waals surface area contributed by atoms with Crippen molar-refractivity contribution in [3.05, 3.63) is 53.3 Å². The Bertz CT molecular complexity index is 2070. The molecule has 0 aromatic carbocycles. The minimum Gasteiger partial charge on any atom is -0.369 e. The van der Waals surface area contributed by atoms with Gasteiger partial charge >= 0.3 is 11.4 Å². The van der Waals surface area contributed by atoms with Crippen molar-refractivity contribution in [3.63, 3.8) is 0 Å². The van der Waals surface area contributed by atoms with Gasteiger partial charge in [-0.2, -0.15) is 0 Å². The number of aromatic amines is 2. The maximum atomic E-state index is 12.8. The third-order valence-corrected chi connectivity index (χ3v) is 12.4. The molecule has 4 aromatic heterocycles. The molecule has 14 nitrogen and oxygen atoms in total. The minimum atomic E-state index is -0.239. The molecule has 10 atom stereocenters. The van der Waals surface area contributed by atoms with Gasteiger partial charge in [-0.05, 0) is 75.0 Å². The van der Waals surface area contributed by atoms with Crippen molar-refractivity contribution in [2.45, 2.75) is 141 Å². The van der Waals surface area contributed by atoms with Gasteiger partial charge < -0.3 is 19.4 Å². The van der Waals surface area contributed by atoms with Crippen molar-refractivity contribution in [1.82, 2.24) is 38.2 Å². The third-order valence-electron chi connectivity index (χ3n) is 12.4. The fraction of sp³-hybridized carbons (Fsp3) is 0.722. The average molecular weight is 689 g/mol. The Morgan fingerprint density at radius 3 is 1.28 bits per heavy atom. The molecule has 268 valence electrons. The smallest absolute Gasteiger partial charge is 0.332 e. The normalized spacial score (nSPS) is 32.5. The molecule has 0 amide bonds. The highest BCUT2D eigenvalue weighted by atomic mass is 16.6. The van der Waals surface area contributed by atoms with Gasteiger partial charge in [0, 0.05) is 38.0 Å². The van der Waals surface area contributed by atoms with E-state index >= 15 is 0 Å². The summed E-state index contributed by atoms with van der Waals surface area (Å²) in [6, 6.07) is 0. The zero-order valence-corrected chi connectivity index (χ0v) is 29.4. The van der Waals surface area contributed by atoms with Gasteiger partial charge in [0.1, 0.15) is 22.7 Å². The van der Waals surface area contributed by atoms with Crippen LogP contribution in [-0.4, -0.2) is 62.6 Å². The van der Waals surface area contributed by atoms with E-state index < -0.39 is 0 Å². The molecule has 2 saturated heterocycles. The van der Waals surface area contributed by atoms with E-state index in [4.69, 9.17) is 19.4 Å². The number of nitrogens with one attached hydrogen (secondary N) is 2. The predicted octanol–water partition coefficient (Wildman–Crippen LogP) is 3.19. The van der Waals surface area contributed by atoms with Gasteiger partial charge in [0.15, 0.2) is 11.3 Å². The standard InChI is InChI=1S/2C18H24N4O3/c2*1-3-5-21-16-12(17(23)22(6-4-2)18(21)24)19-15(20-16)11-8-9-7-10(11)14-13(9)25-14/h2*9-11,13-14H,3-8H2,1-2H3,(H,19,20). The van der Waals surface area contributed by atoms with Crippen LogP contribution in [-0.2, 0) is 35.7 Å². The zero-order chi connectivity index (χ0) is 34.6. The third kappa shape index (κ3) is 4.72. The number of hydrogen-bond donors (Lipinski definition) is 2. The second-order valence-corrected chi connectivity index (χ2v) is 15.6. The van der Waals surface area contributed by atoms with Crippen LogP contribution in [0.3, 0.4) is 0 Å². The fourth-order valence-corrected chi connectivity index (χ4v) is 10.2. The first-order chi connectivity index (χ1) is 24.3. The second kappa shape index (κ2) is 11.9. The maximum absolute atomic E-state index is 12.8. The maximum Gasteiger partial charge on any atom is 0.332 e. The number of imidazole rings is 2. The molecule has 6 fully saturated rings. The van der Waals surface area contributed by atoms with Crippen LogP contribution in [0.2, 0.25) is 0 Å². The van der Waals surface area contributed by atoms with Crippen LogP contribution in [0.1, 0.15) is 103 Å². The van der Waals surface area contributed by atoms with E-state index in [1.807, 2.05) is 27.7 Å². The van der Waals surface area contributed by atoms with E-state index in [1.165, 1.54) is 22.0 Å². The van der Waals surface area contributed by atoms with Gasteiger partial charge in [0.25, 0.3) is 11.1 Å². The van der Waals surface area contributed by atoms with Crippen LogP contribution in [0, 0.1) is 23.7 Å². The predicted molar refractivity (Wildman–Crippen MR) is 186 cm³/mol. The lowest BCUT2D eigenvalue weighted by molar-refractivity contribution is 0.260. The molecular weight excluding hydrogens is 640 g/mol. The number of epoxide rings is 2. The summed E-state index contributed by atoms with van der Waals surface area (Å²) < 4.78 is 17.5. The van der Waals surface area contributed by atoms with E-state index in [2.05, 4.69) is 9.97 Å². The van der Waals surface area contributed by atoms with Crippen molar-refractivity contribution in [2.24, 2.45) is 23.7 Å². The van der Waals surface area contributed by atoms with E-state index in [0.717, 1.165) is 50.2 Å². The van der Waals surface area contributed by atoms with E-state index in [-0.39, 0.29) is 22.5 Å². The fourth-order valence-electron chi connectivity index (χ4n) is 10.2. The van der Waals surface area contributed by atoms with Crippen LogP contribution in [0.15, 0.2) is 19.2 Å². The first-order valence-electron chi connectivity index (χ1n) is 19.0. The number of aryl methyl sites for hydroxylation is 2. The lowest BCUT2D eigenvalue weighted by Crippen LogP contribution is -2.40. The van der Waals surface area contributed by atoms with Crippen LogP contribution in [0.25, 0.3) is 22.3 Å². The summed E-state index contributed by atoms with van der Waals surface area (Å²) in [5.41, 5.74) is 1.05. The van der Waals surface area contributed by atoms with Crippen LogP contribution >= 0.6 is 0 Å². The Morgan fingerprint density at radius 2 is 0.940 bits per heavy atom. The monoisotopic (exact) mass is 688 g/mol. The molecule has 10 rings (SSSR count). The molecule has 10 unspecified atom stereocenters. The lowest BCUT2D eigenvalue weighted by Gasteiger charge is -2.16. The number of ether oxygens (including phenoxy) is 2. The summed E-state index contributed by atoms with van der Waals surface area (Å²) in [6.45, 7) is 10.0. The highest BCUT2D eigenvalue weighted by Crippen LogP contribution is 2.62. The van der Waals surface area contributed by atoms with Gasteiger partial charge in [-0.3, -0.25) is 27.9 Å². The quantitative estimate of drug-likeness (QED) is 0.239. The molecule has 6 heterocycles. The first-order valence-corrected chi connectivity index (χ1v) is 19.0. The Morgan fingerprint density at radius 1 is 0.560 bits per heavy atom. The average Bonchev–Trinajstić information content (AvgIpc) is 3.63. The molecule has 2 aliphatic heterocycles. The van der Waals surface area contributed by atoms with Crippen molar-refractivity contribution >= 4 is 22.3 Å². The number of aromatic nitrogens is 8. The largest absolute Gasteiger partial charge is 0.369 e. The SMILES string of the molecule is CCCn1c(=O)c2[nH]c(C3CC4CC3C3OC43)nc2n(CCC)c1=O.CCCn1c(=O)c2[nH]c(C3CC4CC3C3OC43)nc2n(CCC)c1=O. The van der Waals surface area contributed by atoms with Crippen molar-refractivity contribution in [2.75, 3.05) is 0 Å². The summed E-state index contributed by atoms with van der Waals surface area (Å²) in [5.74, 6) is 4.69. The van der Waals surface area contributed by atoms with Crippen molar-refractivity contribution in [1.29, 1.82) is 0 Å². The van der Waals surface area contributed by atoms with E-state index in [1.54, 1.807) is 9.13 Å². The summed E-state index contributed by atoms with van der Waals surface area (Å²) in [7, 11) is 0. The molecule has 0 spiro atoms. The highest BCUT2D eigenvalue weighted by molar-refractivity contribution is 5.71. The van der Waals surface area contributed by atoms with Gasteiger partial charge in [-0.25, -0.2) is 19.6 Å². The molecular formula is C36H48N8O6. The number of H-pyrrole nitrogens is 2. The topological polar surface area (TPSA) is 170 Å². The number of fused-ring (bicyclic) bond motifs is 12. The van der Waals surface area contributed by atoms with E-state index in [0.29, 0.717) is 108 Å². The molecule has 50 heavy (non-hydrogen) atoms. The Hall–Kier alpha value is -3.78. The van der Waals surface area contributed by atoms with Crippen LogP contribution in [0.4, 0.5) is 0 Å². The minimum absolute atomic E-state index is 0.238. The highest BCUT2D eigenvalue weighted by Gasteiger charge is 2.64. The molecule has 4 aromatic rings. The first kappa shape index (κ1) is 32.1. The van der Waals surface area contributed by atoms with Gasteiger partial charge in [0.2, 0.25) is 0 Å². The molecule has 2 N–H and O–H groups in total. The van der Waals surface area contributed by atoms with Crippen LogP contribution in [0.5, 0.6) is 0 Å². The van der Waals surface area contributed by atoms with Gasteiger partial charge in [-0.15, -0.1) is 0 Å². The molecule has 14 heteroatoms. The summed E-state index contributed by atoms with van der Waals surface area (Å²) in [5, 5.41) is 0. The Kier molecular flexibility index (Phi) is 7.65. The Labute approximate surface area is 288 Å². The molecule has 6 aliphatic rings. The van der Waals surface area contributed by atoms with E-state index in [9.17, 15) is 19.2 Å². The number of rotatable bonds is 10. The summed E-state index contributed by atoms with van der Waals surface area (Å²) >= 11 is 0. The van der Waals surface area contributed by atoms with Gasteiger partial charge in [-0.1, -0.05) is 27.7 Å².